The van der Waals surface area contributed by atoms with E-state index in [1.54, 1.807) is 0 Å². The molecule has 144 valence electrons. The molecule has 0 saturated heterocycles. The molecule has 0 radical (unpaired) electrons. The summed E-state index contributed by atoms with van der Waals surface area (Å²) < 4.78 is 22.9. The van der Waals surface area contributed by atoms with Gasteiger partial charge in [-0.2, -0.15) is 0 Å². The average Bonchev–Trinajstić information content (AvgIpc) is 3.27. The monoisotopic (exact) mass is 379 g/mol. The Morgan fingerprint density at radius 2 is 1.89 bits per heavy atom. The van der Waals surface area contributed by atoms with Gasteiger partial charge in [0, 0.05) is 13.1 Å². The van der Waals surface area contributed by atoms with E-state index < -0.39 is 0 Å². The van der Waals surface area contributed by atoms with Gasteiger partial charge in [0.2, 0.25) is 12.6 Å². The van der Waals surface area contributed by atoms with Crippen LogP contribution >= 0.6 is 0 Å². The zero-order chi connectivity index (χ0) is 19.4. The van der Waals surface area contributed by atoms with Crippen molar-refractivity contribution in [2.75, 3.05) is 13.5 Å². The molecule has 0 amide bonds. The molecule has 0 N–H and O–H groups in total. The van der Waals surface area contributed by atoms with Crippen molar-refractivity contribution < 1.29 is 23.7 Å². The normalized spacial score (nSPS) is 17.1. The third kappa shape index (κ3) is 2.64. The maximum atomic E-state index is 12.8. The van der Waals surface area contributed by atoms with Gasteiger partial charge in [-0.25, -0.2) is 0 Å². The number of aryl methyl sites for hydroxylation is 1. The molecule has 28 heavy (non-hydrogen) atoms. The molecular formula is C22H21NO5. The quantitative estimate of drug-likeness (QED) is 0.737. The van der Waals surface area contributed by atoms with Crippen molar-refractivity contribution in [3.8, 4) is 23.0 Å². The molecule has 2 aromatic rings. The van der Waals surface area contributed by atoms with Gasteiger partial charge in [-0.3, -0.25) is 9.69 Å². The Balaban J connectivity index is 1.45. The van der Waals surface area contributed by atoms with Crippen LogP contribution in [0.25, 0.3) is 0 Å². The summed E-state index contributed by atoms with van der Waals surface area (Å²) in [7, 11) is 0. The number of ether oxygens (including phenoxy) is 4. The molecule has 3 aliphatic rings. The molecule has 0 aliphatic carbocycles. The van der Waals surface area contributed by atoms with E-state index in [-0.39, 0.29) is 12.6 Å². The Hall–Kier alpha value is -2.99. The molecule has 0 spiro atoms. The molecule has 3 heterocycles. The van der Waals surface area contributed by atoms with Gasteiger partial charge in [0.15, 0.2) is 17.3 Å². The molecule has 5 rings (SSSR count). The highest BCUT2D eigenvalue weighted by atomic mass is 16.7. The summed E-state index contributed by atoms with van der Waals surface area (Å²) in [4.78, 5) is 14.9. The van der Waals surface area contributed by atoms with Gasteiger partial charge in [-0.05, 0) is 55.7 Å². The number of benzene rings is 2. The van der Waals surface area contributed by atoms with Crippen LogP contribution in [-0.4, -0.2) is 24.2 Å². The minimum absolute atomic E-state index is 0.0387. The molecule has 0 saturated carbocycles. The van der Waals surface area contributed by atoms with Crippen molar-refractivity contribution in [1.82, 2.24) is 4.90 Å². The van der Waals surface area contributed by atoms with Crippen LogP contribution in [0.1, 0.15) is 40.9 Å². The van der Waals surface area contributed by atoms with Crippen molar-refractivity contribution >= 4 is 5.78 Å². The maximum absolute atomic E-state index is 12.8. The predicted octanol–water partition coefficient (Wildman–Crippen LogP) is 3.94. The molecular weight excluding hydrogens is 358 g/mol. The van der Waals surface area contributed by atoms with Crippen molar-refractivity contribution in [3.63, 3.8) is 0 Å². The standard InChI is InChI=1S/C22H21NO5/c1-12(2)21-20(24)19-13(3)6-17-15(22(19)28-21)9-23(10-25-17)8-14-4-5-16-18(7-14)27-11-26-16/h4-7H,8-11H2,1-3H3. The number of fused-ring (bicyclic) bond motifs is 4. The second kappa shape index (κ2) is 6.27. The summed E-state index contributed by atoms with van der Waals surface area (Å²) in [6, 6.07) is 7.91. The molecule has 3 aliphatic heterocycles. The second-order valence-electron chi connectivity index (χ2n) is 7.58. The topological polar surface area (TPSA) is 57.2 Å². The highest BCUT2D eigenvalue weighted by molar-refractivity contribution is 6.14. The number of rotatable bonds is 2. The van der Waals surface area contributed by atoms with Crippen LogP contribution in [0.15, 0.2) is 35.6 Å². The van der Waals surface area contributed by atoms with E-state index in [1.807, 2.05) is 45.0 Å². The van der Waals surface area contributed by atoms with Crippen molar-refractivity contribution in [2.45, 2.75) is 33.9 Å². The van der Waals surface area contributed by atoms with Gasteiger partial charge >= 0.3 is 0 Å². The van der Waals surface area contributed by atoms with E-state index in [0.717, 1.165) is 39.5 Å². The molecule has 0 bridgehead atoms. The Morgan fingerprint density at radius 3 is 2.71 bits per heavy atom. The summed E-state index contributed by atoms with van der Waals surface area (Å²) in [5.74, 6) is 3.38. The van der Waals surface area contributed by atoms with E-state index in [4.69, 9.17) is 18.9 Å². The number of carbonyl (C=O) groups excluding carboxylic acids is 1. The first kappa shape index (κ1) is 17.1. The van der Waals surface area contributed by atoms with Crippen LogP contribution in [0.4, 0.5) is 0 Å². The molecule has 6 nitrogen and oxygen atoms in total. The summed E-state index contributed by atoms with van der Waals surface area (Å²) >= 11 is 0. The van der Waals surface area contributed by atoms with Crippen molar-refractivity contribution in [1.29, 1.82) is 0 Å². The fourth-order valence-electron chi connectivity index (χ4n) is 3.89. The number of nitrogens with zero attached hydrogens (tertiary/aromatic N) is 1. The first-order chi connectivity index (χ1) is 13.5. The molecule has 0 fully saturated rings. The van der Waals surface area contributed by atoms with E-state index in [0.29, 0.717) is 36.9 Å². The summed E-state index contributed by atoms with van der Waals surface area (Å²) in [5.41, 5.74) is 4.46. The summed E-state index contributed by atoms with van der Waals surface area (Å²) in [5, 5.41) is 0. The van der Waals surface area contributed by atoms with Gasteiger partial charge in [0.25, 0.3) is 0 Å². The van der Waals surface area contributed by atoms with Gasteiger partial charge in [0.05, 0.1) is 11.1 Å². The third-order valence-corrected chi connectivity index (χ3v) is 5.26. The highest BCUT2D eigenvalue weighted by Crippen LogP contribution is 2.44. The van der Waals surface area contributed by atoms with Crippen molar-refractivity contribution in [2.24, 2.45) is 0 Å². The Labute approximate surface area is 163 Å². The number of hydrogen-bond acceptors (Lipinski definition) is 6. The Morgan fingerprint density at radius 1 is 1.07 bits per heavy atom. The fourth-order valence-corrected chi connectivity index (χ4v) is 3.89. The van der Waals surface area contributed by atoms with Gasteiger partial charge in [-0.1, -0.05) is 6.07 Å². The van der Waals surface area contributed by atoms with Crippen LogP contribution < -0.4 is 18.9 Å². The highest BCUT2D eigenvalue weighted by Gasteiger charge is 2.36. The van der Waals surface area contributed by atoms with E-state index >= 15 is 0 Å². The zero-order valence-corrected chi connectivity index (χ0v) is 16.1. The largest absolute Gasteiger partial charge is 0.478 e. The van der Waals surface area contributed by atoms with Crippen LogP contribution in [0, 0.1) is 6.92 Å². The lowest BCUT2D eigenvalue weighted by molar-refractivity contribution is 0.0871. The summed E-state index contributed by atoms with van der Waals surface area (Å²) in [6.45, 7) is 7.80. The van der Waals surface area contributed by atoms with Crippen molar-refractivity contribution in [3.05, 3.63) is 57.9 Å². The molecule has 0 aromatic heterocycles. The van der Waals surface area contributed by atoms with Crippen LogP contribution in [0.5, 0.6) is 23.0 Å². The van der Waals surface area contributed by atoms with Gasteiger partial charge in [-0.15, -0.1) is 0 Å². The lowest BCUT2D eigenvalue weighted by Crippen LogP contribution is -2.31. The first-order valence-corrected chi connectivity index (χ1v) is 9.31. The number of Topliss-reactive ketones (excluding diaryl/α,β-unsaturated/α-hetero) is 1. The number of allylic oxidation sites excluding steroid dienone is 2. The third-order valence-electron chi connectivity index (χ3n) is 5.26. The minimum Gasteiger partial charge on any atom is -0.478 e. The SMILES string of the molecule is CC(C)=C1Oc2c3c(cc(C)c2C1=O)OCN(Cc1ccc2c(c1)OCO2)C3. The smallest absolute Gasteiger partial charge is 0.232 e. The van der Waals surface area contributed by atoms with Crippen LogP contribution in [0.2, 0.25) is 0 Å². The van der Waals surface area contributed by atoms with E-state index in [1.165, 1.54) is 0 Å². The first-order valence-electron chi connectivity index (χ1n) is 9.31. The van der Waals surface area contributed by atoms with E-state index in [9.17, 15) is 4.79 Å². The Bertz CT molecular complexity index is 1040. The molecule has 0 atom stereocenters. The van der Waals surface area contributed by atoms with Gasteiger partial charge in [0.1, 0.15) is 18.2 Å². The second-order valence-corrected chi connectivity index (χ2v) is 7.58. The Kier molecular flexibility index (Phi) is 3.84. The summed E-state index contributed by atoms with van der Waals surface area (Å²) in [6.07, 6.45) is 0. The van der Waals surface area contributed by atoms with Crippen LogP contribution in [0.3, 0.4) is 0 Å². The zero-order valence-electron chi connectivity index (χ0n) is 16.1. The molecule has 0 unspecified atom stereocenters. The predicted molar refractivity (Wildman–Crippen MR) is 102 cm³/mol. The van der Waals surface area contributed by atoms with Crippen LogP contribution in [-0.2, 0) is 13.1 Å². The minimum atomic E-state index is -0.0387. The maximum Gasteiger partial charge on any atom is 0.232 e. The van der Waals surface area contributed by atoms with Gasteiger partial charge < -0.3 is 18.9 Å². The molecule has 2 aromatic carbocycles. The van der Waals surface area contributed by atoms with E-state index in [2.05, 4.69) is 4.90 Å². The number of carbonyl (C=O) groups is 1. The lowest BCUT2D eigenvalue weighted by Gasteiger charge is -2.30. The average molecular weight is 379 g/mol. The fraction of sp³-hybridized carbons (Fsp3) is 0.318. The number of ketones is 1. The number of hydrogen-bond donors (Lipinski definition) is 0. The lowest BCUT2D eigenvalue weighted by atomic mass is 9.98. The molecule has 6 heteroatoms.